The fourth-order valence-electron chi connectivity index (χ4n) is 5.12. The second-order valence-electron chi connectivity index (χ2n) is 7.94. The molecule has 2 aromatic rings. The van der Waals surface area contributed by atoms with Gasteiger partial charge in [0.1, 0.15) is 11.2 Å². The number of carbonyl (C=O) groups excluding carboxylic acids is 1. The molecule has 0 atom stereocenters. The topological polar surface area (TPSA) is 36.4 Å². The maximum Gasteiger partial charge on any atom is 0.240 e. The minimum atomic E-state index is -0.500. The number of amides is 1. The molecule has 1 spiro atoms. The molecule has 6 heteroatoms. The van der Waals surface area contributed by atoms with E-state index in [9.17, 15) is 9.18 Å². The smallest absolute Gasteiger partial charge is 0.240 e. The first-order valence-electron chi connectivity index (χ1n) is 9.32. The number of hydrogen-bond acceptors (Lipinski definition) is 3. The van der Waals surface area contributed by atoms with Crippen molar-refractivity contribution in [1.82, 2.24) is 9.88 Å². The number of aromatic nitrogens is 1. The minimum Gasteiger partial charge on any atom is -0.313 e. The number of hydrogen-bond donors (Lipinski definition) is 0. The van der Waals surface area contributed by atoms with Crippen molar-refractivity contribution in [2.24, 2.45) is 0 Å². The van der Waals surface area contributed by atoms with Crippen molar-refractivity contribution in [2.75, 3.05) is 25.0 Å². The molecule has 3 aliphatic rings. The van der Waals surface area contributed by atoms with Gasteiger partial charge in [-0.3, -0.25) is 14.7 Å². The van der Waals surface area contributed by atoms with Gasteiger partial charge in [-0.25, -0.2) is 4.39 Å². The Morgan fingerprint density at radius 1 is 1.23 bits per heavy atom. The Labute approximate surface area is 160 Å². The Balaban J connectivity index is 1.60. The van der Waals surface area contributed by atoms with Gasteiger partial charge in [0.25, 0.3) is 0 Å². The Kier molecular flexibility index (Phi) is 3.67. The number of nitrogens with zero attached hydrogens (tertiary/aromatic N) is 3. The molecule has 1 aromatic heterocycles. The molecular formula is C20H21BrFN3O. The lowest BCUT2D eigenvalue weighted by Crippen LogP contribution is -2.66. The van der Waals surface area contributed by atoms with Gasteiger partial charge in [0.2, 0.25) is 5.91 Å². The summed E-state index contributed by atoms with van der Waals surface area (Å²) in [6.07, 6.45) is 8.10. The first-order chi connectivity index (χ1) is 12.5. The van der Waals surface area contributed by atoms with Gasteiger partial charge in [-0.2, -0.15) is 0 Å². The van der Waals surface area contributed by atoms with Gasteiger partial charge < -0.3 is 4.90 Å². The van der Waals surface area contributed by atoms with Gasteiger partial charge in [0, 0.05) is 43.2 Å². The molecule has 0 bridgehead atoms. The van der Waals surface area contributed by atoms with E-state index in [1.165, 1.54) is 38.2 Å². The molecule has 5 rings (SSSR count). The number of carbonyl (C=O) groups is 1. The van der Waals surface area contributed by atoms with Gasteiger partial charge >= 0.3 is 0 Å². The van der Waals surface area contributed by atoms with E-state index in [1.54, 1.807) is 17.2 Å². The summed E-state index contributed by atoms with van der Waals surface area (Å²) in [4.78, 5) is 21.8. The number of anilines is 1. The second kappa shape index (κ2) is 5.73. The predicted octanol–water partition coefficient (Wildman–Crippen LogP) is 4.00. The lowest BCUT2D eigenvalue weighted by Gasteiger charge is -2.51. The Hall–Kier alpha value is -1.53. The SMILES string of the molecule is CN1C(=O)C2(CN(C3CCCCC3)C2)c2c1cnc1cc(F)c(Br)cc21. The number of likely N-dealkylation sites (tertiary alicyclic amines) is 1. The van der Waals surface area contributed by atoms with Crippen LogP contribution in [0.2, 0.25) is 0 Å². The largest absolute Gasteiger partial charge is 0.313 e. The van der Waals surface area contributed by atoms with E-state index in [0.717, 1.165) is 29.7 Å². The summed E-state index contributed by atoms with van der Waals surface area (Å²) >= 11 is 3.30. The first-order valence-corrected chi connectivity index (χ1v) is 10.1. The molecule has 0 N–H and O–H groups in total. The highest BCUT2D eigenvalue weighted by Crippen LogP contribution is 2.51. The summed E-state index contributed by atoms with van der Waals surface area (Å²) < 4.78 is 14.4. The lowest BCUT2D eigenvalue weighted by atomic mass is 9.72. The minimum absolute atomic E-state index is 0.148. The standard InChI is InChI=1S/C20H21BrFN3O/c1-24-17-9-23-16-8-15(22)14(21)7-13(16)18(17)20(19(24)26)10-25(11-20)12-5-3-2-4-6-12/h7-9,12H,2-6,10-11H2,1H3. The number of likely N-dealkylation sites (N-methyl/N-ethyl adjacent to an activating group) is 1. The molecule has 1 amide bonds. The van der Waals surface area contributed by atoms with E-state index >= 15 is 0 Å². The van der Waals surface area contributed by atoms with Gasteiger partial charge in [0.05, 0.1) is 21.9 Å². The highest BCUT2D eigenvalue weighted by molar-refractivity contribution is 9.10. The van der Waals surface area contributed by atoms with Crippen molar-refractivity contribution in [3.05, 3.63) is 34.2 Å². The van der Waals surface area contributed by atoms with Crippen LogP contribution in [0.1, 0.15) is 37.7 Å². The third kappa shape index (κ3) is 2.15. The molecule has 4 nitrogen and oxygen atoms in total. The summed E-state index contributed by atoms with van der Waals surface area (Å²) in [5, 5.41) is 0.886. The van der Waals surface area contributed by atoms with E-state index in [4.69, 9.17) is 0 Å². The van der Waals surface area contributed by atoms with Gasteiger partial charge in [0.15, 0.2) is 0 Å². The third-order valence-corrected chi connectivity index (χ3v) is 7.09. The molecule has 136 valence electrons. The summed E-state index contributed by atoms with van der Waals surface area (Å²) in [5.41, 5.74) is 2.01. The van der Waals surface area contributed by atoms with Crippen LogP contribution in [0.5, 0.6) is 0 Å². The average Bonchev–Trinajstić information content (AvgIpc) is 2.84. The van der Waals surface area contributed by atoms with E-state index in [0.29, 0.717) is 16.0 Å². The van der Waals surface area contributed by atoms with E-state index in [1.807, 2.05) is 7.05 Å². The van der Waals surface area contributed by atoms with Gasteiger partial charge in [-0.05, 0) is 34.8 Å². The average molecular weight is 418 g/mol. The highest BCUT2D eigenvalue weighted by atomic mass is 79.9. The summed E-state index contributed by atoms with van der Waals surface area (Å²) in [7, 11) is 1.82. The van der Waals surface area contributed by atoms with Crippen LogP contribution in [-0.2, 0) is 10.2 Å². The third-order valence-electron chi connectivity index (χ3n) is 6.48. The van der Waals surface area contributed by atoms with Gasteiger partial charge in [-0.15, -0.1) is 0 Å². The molecule has 1 saturated heterocycles. The van der Waals surface area contributed by atoms with Crippen molar-refractivity contribution < 1.29 is 9.18 Å². The van der Waals surface area contributed by atoms with Crippen LogP contribution in [-0.4, -0.2) is 42.0 Å². The zero-order chi connectivity index (χ0) is 18.1. The Morgan fingerprint density at radius 2 is 1.96 bits per heavy atom. The number of halogens is 2. The van der Waals surface area contributed by atoms with Crippen LogP contribution in [0, 0.1) is 5.82 Å². The van der Waals surface area contributed by atoms with Crippen molar-refractivity contribution >= 4 is 38.4 Å². The second-order valence-corrected chi connectivity index (χ2v) is 8.80. The summed E-state index contributed by atoms with van der Waals surface area (Å²) in [6, 6.07) is 3.84. The fraction of sp³-hybridized carbons (Fsp3) is 0.500. The maximum absolute atomic E-state index is 14.0. The first kappa shape index (κ1) is 16.6. The summed E-state index contributed by atoms with van der Waals surface area (Å²) in [6.45, 7) is 1.53. The molecule has 2 aliphatic heterocycles. The Bertz CT molecular complexity index is 919. The lowest BCUT2D eigenvalue weighted by molar-refractivity contribution is -0.130. The van der Waals surface area contributed by atoms with Crippen molar-refractivity contribution in [2.45, 2.75) is 43.6 Å². The van der Waals surface area contributed by atoms with E-state index in [2.05, 4.69) is 25.8 Å². The molecule has 2 fully saturated rings. The quantitative estimate of drug-likeness (QED) is 0.703. The number of pyridine rings is 1. The Morgan fingerprint density at radius 3 is 2.69 bits per heavy atom. The van der Waals surface area contributed by atoms with E-state index < -0.39 is 5.41 Å². The summed E-state index contributed by atoms with van der Waals surface area (Å²) in [5.74, 6) is -0.177. The molecular weight excluding hydrogens is 397 g/mol. The molecule has 26 heavy (non-hydrogen) atoms. The van der Waals surface area contributed by atoms with Crippen LogP contribution in [0.3, 0.4) is 0 Å². The molecule has 1 aliphatic carbocycles. The molecule has 0 radical (unpaired) electrons. The fourth-order valence-corrected chi connectivity index (χ4v) is 5.46. The number of fused-ring (bicyclic) bond motifs is 4. The molecule has 0 unspecified atom stereocenters. The van der Waals surface area contributed by atoms with Crippen LogP contribution in [0.15, 0.2) is 22.8 Å². The highest BCUT2D eigenvalue weighted by Gasteiger charge is 2.59. The van der Waals surface area contributed by atoms with Crippen molar-refractivity contribution in [1.29, 1.82) is 0 Å². The molecule has 1 saturated carbocycles. The zero-order valence-corrected chi connectivity index (χ0v) is 16.4. The van der Waals surface area contributed by atoms with Crippen molar-refractivity contribution in [3.8, 4) is 0 Å². The normalized spacial score (nSPS) is 22.9. The number of rotatable bonds is 1. The van der Waals surface area contributed by atoms with Crippen LogP contribution in [0.25, 0.3) is 10.9 Å². The van der Waals surface area contributed by atoms with E-state index in [-0.39, 0.29) is 11.7 Å². The van der Waals surface area contributed by atoms with Gasteiger partial charge in [-0.1, -0.05) is 19.3 Å². The zero-order valence-electron chi connectivity index (χ0n) is 14.8. The predicted molar refractivity (Wildman–Crippen MR) is 103 cm³/mol. The molecule has 1 aromatic carbocycles. The van der Waals surface area contributed by atoms with Crippen molar-refractivity contribution in [3.63, 3.8) is 0 Å². The van der Waals surface area contributed by atoms with Crippen LogP contribution in [0.4, 0.5) is 10.1 Å². The maximum atomic E-state index is 14.0. The molecule has 3 heterocycles. The monoisotopic (exact) mass is 417 g/mol. The van der Waals surface area contributed by atoms with Crippen LogP contribution >= 0.6 is 15.9 Å². The van der Waals surface area contributed by atoms with Crippen LogP contribution < -0.4 is 4.90 Å². The number of benzene rings is 1.